The first-order valence-electron chi connectivity index (χ1n) is 7.10. The highest BCUT2D eigenvalue weighted by atomic mass is 79.9. The fraction of sp³-hybridized carbons (Fsp3) is 0.500. The van der Waals surface area contributed by atoms with Crippen molar-refractivity contribution in [3.8, 4) is 11.5 Å². The third-order valence-electron chi connectivity index (χ3n) is 4.12. The average molecular weight is 351 g/mol. The van der Waals surface area contributed by atoms with Gasteiger partial charge in [0, 0.05) is 29.5 Å². The maximum absolute atomic E-state index is 5.91. The van der Waals surface area contributed by atoms with E-state index in [2.05, 4.69) is 36.0 Å². The summed E-state index contributed by atoms with van der Waals surface area (Å²) < 4.78 is 12.1. The summed E-state index contributed by atoms with van der Waals surface area (Å²) in [6.45, 7) is 2.75. The fourth-order valence-electron chi connectivity index (χ4n) is 3.00. The van der Waals surface area contributed by atoms with Crippen LogP contribution in [-0.2, 0) is 4.74 Å². The van der Waals surface area contributed by atoms with Crippen molar-refractivity contribution in [3.05, 3.63) is 28.8 Å². The summed E-state index contributed by atoms with van der Waals surface area (Å²) in [5.74, 6) is 1.12. The van der Waals surface area contributed by atoms with E-state index >= 15 is 0 Å². The summed E-state index contributed by atoms with van der Waals surface area (Å²) in [6, 6.07) is 2.42. The molecule has 4 heterocycles. The zero-order valence-corrected chi connectivity index (χ0v) is 13.0. The minimum Gasteiger partial charge on any atom is -0.367 e. The lowest BCUT2D eigenvalue weighted by atomic mass is 10.2. The van der Waals surface area contributed by atoms with E-state index < -0.39 is 0 Å². The van der Waals surface area contributed by atoms with Gasteiger partial charge >= 0.3 is 0 Å². The van der Waals surface area contributed by atoms with Gasteiger partial charge in [-0.3, -0.25) is 9.88 Å². The molecule has 2 fully saturated rings. The minimum absolute atomic E-state index is 0.0996. The van der Waals surface area contributed by atoms with Gasteiger partial charge in [-0.1, -0.05) is 5.16 Å². The Kier molecular flexibility index (Phi) is 3.48. The maximum Gasteiger partial charge on any atom is 0.259 e. The van der Waals surface area contributed by atoms with Crippen LogP contribution in [0.3, 0.4) is 0 Å². The van der Waals surface area contributed by atoms with Gasteiger partial charge in [0.05, 0.1) is 12.2 Å². The monoisotopic (exact) mass is 350 g/mol. The van der Waals surface area contributed by atoms with Crippen molar-refractivity contribution in [1.82, 2.24) is 20.0 Å². The van der Waals surface area contributed by atoms with Gasteiger partial charge in [-0.25, -0.2) is 0 Å². The number of hydrogen-bond donors (Lipinski definition) is 0. The molecule has 2 aromatic rings. The van der Waals surface area contributed by atoms with E-state index in [0.717, 1.165) is 29.7 Å². The molecule has 0 aliphatic carbocycles. The molecule has 2 aromatic heterocycles. The van der Waals surface area contributed by atoms with Gasteiger partial charge in [-0.05, 0) is 41.4 Å². The molecule has 2 saturated heterocycles. The molecule has 21 heavy (non-hydrogen) atoms. The van der Waals surface area contributed by atoms with Crippen LogP contribution in [0.1, 0.15) is 24.8 Å². The minimum atomic E-state index is -0.0996. The molecule has 2 aliphatic rings. The lowest BCUT2D eigenvalue weighted by Crippen LogP contribution is -2.42. The van der Waals surface area contributed by atoms with Crippen molar-refractivity contribution in [2.45, 2.75) is 25.0 Å². The SMILES string of the molecule is Brc1cnccc1-c1nc(C2CN3CCCC3CO2)no1. The number of morpholine rings is 1. The molecule has 4 rings (SSSR count). The Hall–Kier alpha value is -1.31. The zero-order chi connectivity index (χ0) is 14.2. The highest BCUT2D eigenvalue weighted by Gasteiger charge is 2.35. The molecule has 0 radical (unpaired) electrons. The molecule has 0 amide bonds. The Bertz CT molecular complexity index is 647. The second kappa shape index (κ2) is 5.47. The standard InChI is InChI=1S/C14H15BrN4O2/c15-11-6-16-4-3-10(11)14-17-13(18-21-14)12-7-19-5-1-2-9(19)8-20-12/h3-4,6,9,12H,1-2,5,7-8H2. The molecule has 0 spiro atoms. The molecule has 0 N–H and O–H groups in total. The van der Waals surface area contributed by atoms with Gasteiger partial charge in [0.25, 0.3) is 5.89 Å². The predicted octanol–water partition coefficient (Wildman–Crippen LogP) is 2.43. The van der Waals surface area contributed by atoms with E-state index in [9.17, 15) is 0 Å². The van der Waals surface area contributed by atoms with Crippen molar-refractivity contribution >= 4 is 15.9 Å². The summed E-state index contributed by atoms with van der Waals surface area (Å²) in [6.07, 6.45) is 5.80. The van der Waals surface area contributed by atoms with E-state index in [-0.39, 0.29) is 6.10 Å². The van der Waals surface area contributed by atoms with Crippen LogP contribution < -0.4 is 0 Å². The quantitative estimate of drug-likeness (QED) is 0.828. The molecule has 2 aliphatic heterocycles. The smallest absolute Gasteiger partial charge is 0.259 e. The van der Waals surface area contributed by atoms with Gasteiger partial charge in [0.2, 0.25) is 5.82 Å². The summed E-state index contributed by atoms with van der Waals surface area (Å²) in [4.78, 5) is 11.0. The molecule has 6 nitrogen and oxygen atoms in total. The Morgan fingerprint density at radius 2 is 2.33 bits per heavy atom. The van der Waals surface area contributed by atoms with Crippen molar-refractivity contribution in [1.29, 1.82) is 0 Å². The molecule has 0 saturated carbocycles. The first kappa shape index (κ1) is 13.4. The van der Waals surface area contributed by atoms with Crippen LogP contribution in [0.4, 0.5) is 0 Å². The number of ether oxygens (including phenoxy) is 1. The van der Waals surface area contributed by atoms with Gasteiger partial charge in [0.15, 0.2) is 0 Å². The summed E-state index contributed by atoms with van der Waals surface area (Å²) in [5.41, 5.74) is 0.846. The summed E-state index contributed by atoms with van der Waals surface area (Å²) in [5, 5.41) is 4.09. The van der Waals surface area contributed by atoms with Gasteiger partial charge in [-0.2, -0.15) is 4.98 Å². The largest absolute Gasteiger partial charge is 0.367 e. The van der Waals surface area contributed by atoms with Crippen LogP contribution in [0.5, 0.6) is 0 Å². The van der Waals surface area contributed by atoms with E-state index in [4.69, 9.17) is 9.26 Å². The predicted molar refractivity (Wildman–Crippen MR) is 78.5 cm³/mol. The van der Waals surface area contributed by atoms with E-state index in [1.165, 1.54) is 12.8 Å². The number of nitrogens with zero attached hydrogens (tertiary/aromatic N) is 4. The molecular formula is C14H15BrN4O2. The molecular weight excluding hydrogens is 336 g/mol. The van der Waals surface area contributed by atoms with Crippen molar-refractivity contribution in [2.75, 3.05) is 19.7 Å². The normalized spacial score (nSPS) is 26.0. The number of rotatable bonds is 2. The number of fused-ring (bicyclic) bond motifs is 1. The number of halogens is 1. The van der Waals surface area contributed by atoms with Crippen molar-refractivity contribution in [2.24, 2.45) is 0 Å². The zero-order valence-electron chi connectivity index (χ0n) is 11.4. The third kappa shape index (κ3) is 2.49. The Morgan fingerprint density at radius 1 is 1.38 bits per heavy atom. The van der Waals surface area contributed by atoms with E-state index in [1.807, 2.05) is 6.07 Å². The topological polar surface area (TPSA) is 64.3 Å². The van der Waals surface area contributed by atoms with Gasteiger partial charge in [-0.15, -0.1) is 0 Å². The van der Waals surface area contributed by atoms with Crippen LogP contribution in [-0.4, -0.2) is 45.8 Å². The first-order chi connectivity index (χ1) is 10.3. The molecule has 0 bridgehead atoms. The maximum atomic E-state index is 5.91. The van der Waals surface area contributed by atoms with Crippen LogP contribution in [0.25, 0.3) is 11.5 Å². The Morgan fingerprint density at radius 3 is 3.24 bits per heavy atom. The van der Waals surface area contributed by atoms with Crippen molar-refractivity contribution in [3.63, 3.8) is 0 Å². The lowest BCUT2D eigenvalue weighted by molar-refractivity contribution is -0.0548. The van der Waals surface area contributed by atoms with Gasteiger partial charge in [0.1, 0.15) is 6.10 Å². The van der Waals surface area contributed by atoms with E-state index in [0.29, 0.717) is 17.8 Å². The highest BCUT2D eigenvalue weighted by Crippen LogP contribution is 2.31. The molecule has 2 unspecified atom stereocenters. The molecule has 7 heteroatoms. The van der Waals surface area contributed by atoms with Crippen molar-refractivity contribution < 1.29 is 9.26 Å². The number of hydrogen-bond acceptors (Lipinski definition) is 6. The number of pyridine rings is 1. The summed E-state index contributed by atoms with van der Waals surface area (Å²) >= 11 is 3.45. The second-order valence-electron chi connectivity index (χ2n) is 5.43. The number of aromatic nitrogens is 3. The van der Waals surface area contributed by atoms with E-state index in [1.54, 1.807) is 12.4 Å². The highest BCUT2D eigenvalue weighted by molar-refractivity contribution is 9.10. The van der Waals surface area contributed by atoms with Crippen LogP contribution >= 0.6 is 15.9 Å². The average Bonchev–Trinajstić information content (AvgIpc) is 3.16. The fourth-order valence-corrected chi connectivity index (χ4v) is 3.42. The Labute approximate surface area is 130 Å². The first-order valence-corrected chi connectivity index (χ1v) is 7.90. The van der Waals surface area contributed by atoms with Crippen LogP contribution in [0.2, 0.25) is 0 Å². The third-order valence-corrected chi connectivity index (χ3v) is 4.75. The Balaban J connectivity index is 1.56. The summed E-state index contributed by atoms with van der Waals surface area (Å²) in [7, 11) is 0. The van der Waals surface area contributed by atoms with Gasteiger partial charge < -0.3 is 9.26 Å². The molecule has 0 aromatic carbocycles. The van der Waals surface area contributed by atoms with Crippen LogP contribution in [0, 0.1) is 0 Å². The molecule has 110 valence electrons. The lowest BCUT2D eigenvalue weighted by Gasteiger charge is -2.33. The molecule has 2 atom stereocenters. The second-order valence-corrected chi connectivity index (χ2v) is 6.28. The van der Waals surface area contributed by atoms with Crippen LogP contribution in [0.15, 0.2) is 27.5 Å².